The summed E-state index contributed by atoms with van der Waals surface area (Å²) in [6.07, 6.45) is -3.23. The van der Waals surface area contributed by atoms with E-state index in [4.69, 9.17) is 21.1 Å². The summed E-state index contributed by atoms with van der Waals surface area (Å²) in [7, 11) is 1.40. The number of hydrogen-bond acceptors (Lipinski definition) is 4. The summed E-state index contributed by atoms with van der Waals surface area (Å²) in [6.45, 7) is 0. The molecule has 0 aromatic rings. The van der Waals surface area contributed by atoms with Gasteiger partial charge in [0, 0.05) is 7.11 Å². The van der Waals surface area contributed by atoms with Gasteiger partial charge in [0.15, 0.2) is 6.29 Å². The number of aliphatic hydroxyl groups is 2. The van der Waals surface area contributed by atoms with E-state index in [-0.39, 0.29) is 5.88 Å². The molecule has 2 N–H and O–H groups in total. The Morgan fingerprint density at radius 1 is 1.45 bits per heavy atom. The van der Waals surface area contributed by atoms with Crippen molar-refractivity contribution in [2.45, 2.75) is 24.6 Å². The van der Waals surface area contributed by atoms with Crippen LogP contribution in [0.15, 0.2) is 0 Å². The van der Waals surface area contributed by atoms with E-state index < -0.39 is 24.6 Å². The molecular formula is C6H11ClO4. The first-order chi connectivity index (χ1) is 5.20. The molecule has 0 radical (unpaired) electrons. The van der Waals surface area contributed by atoms with Gasteiger partial charge in [-0.15, -0.1) is 11.6 Å². The van der Waals surface area contributed by atoms with Gasteiger partial charge in [-0.2, -0.15) is 0 Å². The van der Waals surface area contributed by atoms with Crippen LogP contribution in [0, 0.1) is 0 Å². The minimum atomic E-state index is -0.997. The van der Waals surface area contributed by atoms with Gasteiger partial charge in [-0.3, -0.25) is 0 Å². The van der Waals surface area contributed by atoms with Crippen LogP contribution in [-0.2, 0) is 9.47 Å². The van der Waals surface area contributed by atoms with Gasteiger partial charge < -0.3 is 19.7 Å². The van der Waals surface area contributed by atoms with Gasteiger partial charge in [0.1, 0.15) is 18.3 Å². The molecular weight excluding hydrogens is 172 g/mol. The third-order valence-corrected chi connectivity index (χ3v) is 2.01. The van der Waals surface area contributed by atoms with Gasteiger partial charge in [0.05, 0.1) is 5.88 Å². The van der Waals surface area contributed by atoms with Crippen LogP contribution >= 0.6 is 11.6 Å². The van der Waals surface area contributed by atoms with E-state index in [0.717, 1.165) is 0 Å². The van der Waals surface area contributed by atoms with Crippen molar-refractivity contribution < 1.29 is 19.7 Å². The number of ether oxygens (including phenoxy) is 2. The summed E-state index contributed by atoms with van der Waals surface area (Å²) in [4.78, 5) is 0. The normalized spacial score (nSPS) is 44.7. The van der Waals surface area contributed by atoms with Crippen molar-refractivity contribution in [2.75, 3.05) is 13.0 Å². The van der Waals surface area contributed by atoms with Crippen LogP contribution in [0.4, 0.5) is 0 Å². The Balaban J connectivity index is 2.53. The SMILES string of the molecule is CO[C@H]1O[C@H](CCl)[C@@H](O)[C@@H]1O. The van der Waals surface area contributed by atoms with Crippen LogP contribution in [0.1, 0.15) is 0 Å². The standard InChI is InChI=1S/C6H11ClO4/c1-10-6-5(9)4(8)3(2-7)11-6/h3-6,8-9H,2H2,1H3/t3-,4-,5+,6+/m1/s1. The number of alkyl halides is 1. The topological polar surface area (TPSA) is 58.9 Å². The van der Waals surface area contributed by atoms with Crippen LogP contribution in [0.3, 0.4) is 0 Å². The van der Waals surface area contributed by atoms with Crippen molar-refractivity contribution in [3.8, 4) is 0 Å². The predicted molar refractivity (Wildman–Crippen MR) is 38.4 cm³/mol. The average molecular weight is 183 g/mol. The van der Waals surface area contributed by atoms with Crippen LogP contribution in [0.2, 0.25) is 0 Å². The molecule has 0 spiro atoms. The number of rotatable bonds is 2. The van der Waals surface area contributed by atoms with Gasteiger partial charge >= 0.3 is 0 Å². The Morgan fingerprint density at radius 3 is 2.36 bits per heavy atom. The zero-order valence-electron chi connectivity index (χ0n) is 6.11. The fourth-order valence-corrected chi connectivity index (χ4v) is 1.29. The van der Waals surface area contributed by atoms with Gasteiger partial charge in [0.25, 0.3) is 0 Å². The summed E-state index contributed by atoms with van der Waals surface area (Å²) in [6, 6.07) is 0. The number of halogens is 1. The molecule has 0 amide bonds. The second-order valence-electron chi connectivity index (χ2n) is 2.41. The average Bonchev–Trinajstić information content (AvgIpc) is 2.30. The first kappa shape index (κ1) is 9.22. The molecule has 5 heteroatoms. The van der Waals surface area contributed by atoms with Crippen molar-refractivity contribution in [3.05, 3.63) is 0 Å². The molecule has 4 atom stereocenters. The van der Waals surface area contributed by atoms with Crippen molar-refractivity contribution in [1.82, 2.24) is 0 Å². The molecule has 4 nitrogen and oxygen atoms in total. The molecule has 0 aliphatic carbocycles. The summed E-state index contributed by atoms with van der Waals surface area (Å²) in [5.74, 6) is 0.151. The molecule has 0 saturated carbocycles. The lowest BCUT2D eigenvalue weighted by Gasteiger charge is -2.11. The molecule has 66 valence electrons. The minimum absolute atomic E-state index is 0.151. The third-order valence-electron chi connectivity index (χ3n) is 1.70. The van der Waals surface area contributed by atoms with Gasteiger partial charge in [-0.25, -0.2) is 0 Å². The van der Waals surface area contributed by atoms with E-state index in [1.165, 1.54) is 7.11 Å². The number of hydrogen-bond donors (Lipinski definition) is 2. The summed E-state index contributed by atoms with van der Waals surface area (Å²) in [5, 5.41) is 18.4. The molecule has 0 unspecified atom stereocenters. The molecule has 1 heterocycles. The maximum Gasteiger partial charge on any atom is 0.186 e. The fourth-order valence-electron chi connectivity index (χ4n) is 1.04. The predicted octanol–water partition coefficient (Wildman–Crippen LogP) is -0.682. The second-order valence-corrected chi connectivity index (χ2v) is 2.72. The molecule has 0 aromatic carbocycles. The summed E-state index contributed by atoms with van der Waals surface area (Å²) >= 11 is 5.44. The Kier molecular flexibility index (Phi) is 3.09. The fraction of sp³-hybridized carbons (Fsp3) is 1.00. The molecule has 1 fully saturated rings. The second kappa shape index (κ2) is 3.69. The van der Waals surface area contributed by atoms with E-state index in [1.807, 2.05) is 0 Å². The van der Waals surface area contributed by atoms with Gasteiger partial charge in [-0.05, 0) is 0 Å². The Bertz CT molecular complexity index is 114. The largest absolute Gasteiger partial charge is 0.387 e. The third kappa shape index (κ3) is 1.65. The van der Waals surface area contributed by atoms with E-state index in [0.29, 0.717) is 0 Å². The molecule has 0 aromatic heterocycles. The van der Waals surface area contributed by atoms with E-state index in [1.54, 1.807) is 0 Å². The van der Waals surface area contributed by atoms with Crippen LogP contribution in [0.5, 0.6) is 0 Å². The number of methoxy groups -OCH3 is 1. The summed E-state index contributed by atoms with van der Waals surface area (Å²) in [5.41, 5.74) is 0. The first-order valence-corrected chi connectivity index (χ1v) is 3.84. The van der Waals surface area contributed by atoms with Gasteiger partial charge in [0.2, 0.25) is 0 Å². The van der Waals surface area contributed by atoms with Crippen molar-refractivity contribution in [2.24, 2.45) is 0 Å². The lowest BCUT2D eigenvalue weighted by atomic mass is 10.2. The highest BCUT2D eigenvalue weighted by Crippen LogP contribution is 2.22. The lowest BCUT2D eigenvalue weighted by molar-refractivity contribution is -0.145. The van der Waals surface area contributed by atoms with E-state index in [2.05, 4.69) is 0 Å². The van der Waals surface area contributed by atoms with Crippen molar-refractivity contribution in [1.29, 1.82) is 0 Å². The van der Waals surface area contributed by atoms with Gasteiger partial charge in [-0.1, -0.05) is 0 Å². The lowest BCUT2D eigenvalue weighted by Crippen LogP contribution is -2.33. The Morgan fingerprint density at radius 2 is 2.09 bits per heavy atom. The van der Waals surface area contributed by atoms with E-state index >= 15 is 0 Å². The smallest absolute Gasteiger partial charge is 0.186 e. The Hall–Kier alpha value is 0.130. The summed E-state index contributed by atoms with van der Waals surface area (Å²) < 4.78 is 9.77. The molecule has 1 aliphatic rings. The minimum Gasteiger partial charge on any atom is -0.387 e. The molecule has 0 bridgehead atoms. The van der Waals surface area contributed by atoms with Crippen molar-refractivity contribution in [3.63, 3.8) is 0 Å². The molecule has 1 aliphatic heterocycles. The molecule has 1 saturated heterocycles. The maximum atomic E-state index is 9.22. The zero-order valence-corrected chi connectivity index (χ0v) is 6.86. The highest BCUT2D eigenvalue weighted by atomic mass is 35.5. The van der Waals surface area contributed by atoms with Crippen molar-refractivity contribution >= 4 is 11.6 Å². The molecule has 11 heavy (non-hydrogen) atoms. The van der Waals surface area contributed by atoms with Crippen LogP contribution in [0.25, 0.3) is 0 Å². The van der Waals surface area contributed by atoms with E-state index in [9.17, 15) is 10.2 Å². The van der Waals surface area contributed by atoms with Crippen LogP contribution in [-0.4, -0.2) is 47.8 Å². The quantitative estimate of drug-likeness (QED) is 0.556. The zero-order chi connectivity index (χ0) is 8.43. The highest BCUT2D eigenvalue weighted by Gasteiger charge is 2.42. The monoisotopic (exact) mass is 182 g/mol. The Labute approximate surface area is 69.7 Å². The van der Waals surface area contributed by atoms with Crippen LogP contribution < -0.4 is 0 Å². The highest BCUT2D eigenvalue weighted by molar-refractivity contribution is 6.18. The molecule has 1 rings (SSSR count). The maximum absolute atomic E-state index is 9.22. The number of aliphatic hydroxyl groups excluding tert-OH is 2. The first-order valence-electron chi connectivity index (χ1n) is 3.31.